The number of benzene rings is 3. The molecule has 0 unspecified atom stereocenters. The van der Waals surface area contributed by atoms with Crippen LogP contribution in [0.5, 0.6) is 0 Å². The molecule has 0 aliphatic heterocycles. The van der Waals surface area contributed by atoms with Crippen molar-refractivity contribution in [1.82, 2.24) is 9.55 Å². The smallest absolute Gasteiger partial charge is 0.338 e. The Bertz CT molecular complexity index is 1380. The molecule has 0 N–H and O–H groups in total. The number of ether oxygens (including phenoxy) is 1. The van der Waals surface area contributed by atoms with Crippen molar-refractivity contribution in [3.8, 4) is 5.69 Å². The number of aromatic nitrogens is 2. The van der Waals surface area contributed by atoms with Gasteiger partial charge in [-0.25, -0.2) is 9.78 Å². The molecule has 0 spiro atoms. The summed E-state index contributed by atoms with van der Waals surface area (Å²) in [4.78, 5) is 30.2. The summed E-state index contributed by atoms with van der Waals surface area (Å²) < 4.78 is 7.53. The first-order valence-corrected chi connectivity index (χ1v) is 11.4. The maximum Gasteiger partial charge on any atom is 0.338 e. The summed E-state index contributed by atoms with van der Waals surface area (Å²) in [6, 6.07) is 19.7. The lowest BCUT2D eigenvalue weighted by atomic mass is 10.1. The van der Waals surface area contributed by atoms with Crippen molar-refractivity contribution in [3.63, 3.8) is 0 Å². The Morgan fingerprint density at radius 1 is 1.06 bits per heavy atom. The van der Waals surface area contributed by atoms with E-state index in [1.54, 1.807) is 54.0 Å². The summed E-state index contributed by atoms with van der Waals surface area (Å²) in [5.41, 5.74) is 2.38. The van der Waals surface area contributed by atoms with Crippen LogP contribution in [-0.4, -0.2) is 22.1 Å². The highest BCUT2D eigenvalue weighted by molar-refractivity contribution is 14.1. The summed E-state index contributed by atoms with van der Waals surface area (Å²) in [5, 5.41) is 1.18. The molecule has 0 aliphatic rings. The molecule has 0 saturated heterocycles. The van der Waals surface area contributed by atoms with Crippen LogP contribution >= 0.6 is 34.2 Å². The molecule has 32 heavy (non-hydrogen) atoms. The number of fused-ring (bicyclic) bond motifs is 1. The average molecular weight is 557 g/mol. The van der Waals surface area contributed by atoms with Crippen LogP contribution in [0.15, 0.2) is 71.5 Å². The summed E-state index contributed by atoms with van der Waals surface area (Å²) in [6.45, 7) is 2.06. The molecule has 5 nitrogen and oxygen atoms in total. The van der Waals surface area contributed by atoms with Gasteiger partial charge in [-0.1, -0.05) is 29.8 Å². The SMILES string of the molecule is CCOC(=O)c1ccc(-n2c(C=Cc3ccc(Cl)cc3)nc3ccc(I)cc3c2=O)cc1. The Kier molecular flexibility index (Phi) is 6.72. The molecule has 0 saturated carbocycles. The maximum atomic E-state index is 13.5. The van der Waals surface area contributed by atoms with Crippen molar-refractivity contribution in [1.29, 1.82) is 0 Å². The van der Waals surface area contributed by atoms with Crippen molar-refractivity contribution in [3.05, 3.63) is 103 Å². The minimum atomic E-state index is -0.402. The fraction of sp³-hybridized carbons (Fsp3) is 0.0800. The van der Waals surface area contributed by atoms with E-state index in [-0.39, 0.29) is 5.56 Å². The van der Waals surface area contributed by atoms with Crippen molar-refractivity contribution in [2.24, 2.45) is 0 Å². The third-order valence-corrected chi connectivity index (χ3v) is 5.71. The Labute approximate surface area is 203 Å². The Morgan fingerprint density at radius 3 is 2.47 bits per heavy atom. The maximum absolute atomic E-state index is 13.5. The second-order valence-corrected chi connectivity index (χ2v) is 8.61. The lowest BCUT2D eigenvalue weighted by molar-refractivity contribution is 0.0526. The number of nitrogens with zero attached hydrogens (tertiary/aromatic N) is 2. The van der Waals surface area contributed by atoms with E-state index in [0.717, 1.165) is 9.13 Å². The molecule has 4 rings (SSSR count). The second kappa shape index (κ2) is 9.67. The molecular formula is C25H18ClIN2O3. The van der Waals surface area contributed by atoms with Gasteiger partial charge in [0.25, 0.3) is 5.56 Å². The quantitative estimate of drug-likeness (QED) is 0.224. The van der Waals surface area contributed by atoms with E-state index in [9.17, 15) is 9.59 Å². The van der Waals surface area contributed by atoms with Gasteiger partial charge >= 0.3 is 5.97 Å². The topological polar surface area (TPSA) is 61.2 Å². The van der Waals surface area contributed by atoms with Crippen LogP contribution in [0.3, 0.4) is 0 Å². The van der Waals surface area contributed by atoms with Crippen molar-refractivity contribution >= 4 is 63.2 Å². The number of hydrogen-bond donors (Lipinski definition) is 0. The van der Waals surface area contributed by atoms with E-state index in [1.165, 1.54) is 0 Å². The Morgan fingerprint density at radius 2 is 1.78 bits per heavy atom. The number of carbonyl (C=O) groups excluding carboxylic acids is 1. The van der Waals surface area contributed by atoms with E-state index < -0.39 is 5.97 Å². The molecule has 7 heteroatoms. The van der Waals surface area contributed by atoms with Crippen molar-refractivity contribution in [2.75, 3.05) is 6.61 Å². The zero-order valence-corrected chi connectivity index (χ0v) is 20.0. The molecule has 0 radical (unpaired) electrons. The van der Waals surface area contributed by atoms with Gasteiger partial charge in [-0.2, -0.15) is 0 Å². The highest BCUT2D eigenvalue weighted by Crippen LogP contribution is 2.19. The molecular weight excluding hydrogens is 539 g/mol. The molecule has 0 amide bonds. The van der Waals surface area contributed by atoms with Crippen LogP contribution in [0.4, 0.5) is 0 Å². The predicted octanol–water partition coefficient (Wildman–Crippen LogP) is 5.99. The number of rotatable bonds is 5. The van der Waals surface area contributed by atoms with Crippen LogP contribution < -0.4 is 5.56 Å². The zero-order valence-electron chi connectivity index (χ0n) is 17.1. The first-order chi connectivity index (χ1) is 15.5. The zero-order chi connectivity index (χ0) is 22.7. The standard InChI is InChI=1S/C25H18ClIN2O3/c1-2-32-25(31)17-6-11-20(12-7-17)29-23(14-5-16-3-8-18(26)9-4-16)28-22-13-10-19(27)15-21(22)24(29)30/h3-15H,2H2,1H3. The number of esters is 1. The fourth-order valence-corrected chi connectivity index (χ4v) is 3.86. The number of hydrogen-bond acceptors (Lipinski definition) is 4. The van der Waals surface area contributed by atoms with Gasteiger partial charge in [0, 0.05) is 8.59 Å². The van der Waals surface area contributed by atoms with E-state index in [4.69, 9.17) is 21.3 Å². The number of halogens is 2. The first-order valence-electron chi connectivity index (χ1n) is 9.90. The van der Waals surface area contributed by atoms with Gasteiger partial charge in [-0.05, 0) is 95.8 Å². The fourth-order valence-electron chi connectivity index (χ4n) is 3.24. The monoisotopic (exact) mass is 556 g/mol. The Balaban J connectivity index is 1.86. The van der Waals surface area contributed by atoms with Gasteiger partial charge in [-0.15, -0.1) is 0 Å². The van der Waals surface area contributed by atoms with Gasteiger partial charge in [0.1, 0.15) is 5.82 Å². The minimum Gasteiger partial charge on any atom is -0.462 e. The van der Waals surface area contributed by atoms with E-state index in [2.05, 4.69) is 22.6 Å². The van der Waals surface area contributed by atoms with Crippen molar-refractivity contribution < 1.29 is 9.53 Å². The van der Waals surface area contributed by atoms with Gasteiger partial charge < -0.3 is 4.74 Å². The molecule has 4 aromatic rings. The number of carbonyl (C=O) groups is 1. The molecule has 0 bridgehead atoms. The second-order valence-electron chi connectivity index (χ2n) is 6.92. The molecule has 0 atom stereocenters. The largest absolute Gasteiger partial charge is 0.462 e. The molecule has 1 heterocycles. The molecule has 160 valence electrons. The van der Waals surface area contributed by atoms with Crippen LogP contribution in [0.1, 0.15) is 28.7 Å². The highest BCUT2D eigenvalue weighted by Gasteiger charge is 2.13. The first kappa shape index (κ1) is 22.2. The summed E-state index contributed by atoms with van der Waals surface area (Å²) >= 11 is 8.15. The van der Waals surface area contributed by atoms with Gasteiger partial charge in [0.2, 0.25) is 0 Å². The predicted molar refractivity (Wildman–Crippen MR) is 136 cm³/mol. The minimum absolute atomic E-state index is 0.187. The third-order valence-electron chi connectivity index (χ3n) is 4.79. The van der Waals surface area contributed by atoms with E-state index >= 15 is 0 Å². The van der Waals surface area contributed by atoms with E-state index in [1.807, 2.05) is 36.4 Å². The van der Waals surface area contributed by atoms with Crippen LogP contribution in [0.2, 0.25) is 5.02 Å². The highest BCUT2D eigenvalue weighted by atomic mass is 127. The lowest BCUT2D eigenvalue weighted by Gasteiger charge is -2.12. The van der Waals surface area contributed by atoms with Crippen LogP contribution in [0, 0.1) is 3.57 Å². The van der Waals surface area contributed by atoms with Crippen LogP contribution in [-0.2, 0) is 4.74 Å². The molecule has 0 aliphatic carbocycles. The third kappa shape index (κ3) is 4.76. The van der Waals surface area contributed by atoms with Gasteiger partial charge in [-0.3, -0.25) is 9.36 Å². The molecule has 0 fully saturated rings. The lowest BCUT2D eigenvalue weighted by Crippen LogP contribution is -2.22. The summed E-state index contributed by atoms with van der Waals surface area (Å²) in [7, 11) is 0. The summed E-state index contributed by atoms with van der Waals surface area (Å²) in [6.07, 6.45) is 3.67. The van der Waals surface area contributed by atoms with Gasteiger partial charge in [0.15, 0.2) is 0 Å². The van der Waals surface area contributed by atoms with Crippen molar-refractivity contribution in [2.45, 2.75) is 6.92 Å². The normalized spacial score (nSPS) is 11.2. The average Bonchev–Trinajstić information content (AvgIpc) is 2.79. The Hall–Kier alpha value is -2.97. The molecule has 3 aromatic carbocycles. The summed E-state index contributed by atoms with van der Waals surface area (Å²) in [5.74, 6) is 0.0722. The van der Waals surface area contributed by atoms with Gasteiger partial charge in [0.05, 0.1) is 28.8 Å². The molecule has 1 aromatic heterocycles. The van der Waals surface area contributed by atoms with E-state index in [0.29, 0.717) is 39.6 Å². The van der Waals surface area contributed by atoms with Crippen LogP contribution in [0.25, 0.3) is 28.7 Å².